The topological polar surface area (TPSA) is 82.7 Å². The van der Waals surface area contributed by atoms with Crippen molar-refractivity contribution in [2.45, 2.75) is 58.2 Å². The van der Waals surface area contributed by atoms with E-state index >= 15 is 0 Å². The molecule has 1 saturated carbocycles. The molecule has 0 aliphatic heterocycles. The Balaban J connectivity index is 1.61. The van der Waals surface area contributed by atoms with E-state index < -0.39 is 0 Å². The number of nitrogens with one attached hydrogen (secondary N) is 2. The molecule has 6 nitrogen and oxygen atoms in total. The second-order valence-electron chi connectivity index (χ2n) is 6.85. The molecular formula is C20H28N4O2. The van der Waals surface area contributed by atoms with E-state index in [1.165, 1.54) is 5.56 Å². The molecule has 1 aliphatic rings. The summed E-state index contributed by atoms with van der Waals surface area (Å²) in [6, 6.07) is 8.48. The number of benzene rings is 1. The van der Waals surface area contributed by atoms with Gasteiger partial charge in [0, 0.05) is 18.2 Å². The summed E-state index contributed by atoms with van der Waals surface area (Å²) in [6.45, 7) is 5.36. The minimum absolute atomic E-state index is 0.150. The van der Waals surface area contributed by atoms with E-state index in [9.17, 15) is 5.11 Å². The number of hydrogen-bond donors (Lipinski definition) is 3. The van der Waals surface area contributed by atoms with Crippen molar-refractivity contribution >= 4 is 5.96 Å². The number of aryl methyl sites for hydroxylation is 1. The van der Waals surface area contributed by atoms with Crippen LogP contribution in [-0.4, -0.2) is 34.7 Å². The van der Waals surface area contributed by atoms with Crippen molar-refractivity contribution in [1.82, 2.24) is 15.6 Å². The largest absolute Gasteiger partial charge is 0.444 e. The quantitative estimate of drug-likeness (QED) is 0.567. The number of oxazole rings is 1. The van der Waals surface area contributed by atoms with Crippen LogP contribution in [0.15, 0.2) is 39.9 Å². The molecule has 0 radical (unpaired) electrons. The van der Waals surface area contributed by atoms with Gasteiger partial charge in [0.05, 0.1) is 12.6 Å². The minimum atomic E-state index is -0.150. The van der Waals surface area contributed by atoms with Crippen molar-refractivity contribution in [3.63, 3.8) is 0 Å². The number of guanidine groups is 1. The van der Waals surface area contributed by atoms with E-state index in [2.05, 4.69) is 27.5 Å². The molecule has 0 spiro atoms. The van der Waals surface area contributed by atoms with Gasteiger partial charge in [0.1, 0.15) is 12.0 Å². The van der Waals surface area contributed by atoms with Crippen LogP contribution in [0.5, 0.6) is 0 Å². The molecule has 0 atom stereocenters. The molecule has 1 aromatic heterocycles. The maximum atomic E-state index is 9.64. The summed E-state index contributed by atoms with van der Waals surface area (Å²) in [5, 5.41) is 16.4. The summed E-state index contributed by atoms with van der Waals surface area (Å²) in [6.07, 6.45) is 5.14. The lowest BCUT2D eigenvalue weighted by Gasteiger charge is -2.27. The van der Waals surface area contributed by atoms with E-state index in [0.717, 1.165) is 49.4 Å². The number of aromatic nitrogens is 1. The van der Waals surface area contributed by atoms with Gasteiger partial charge in [0.15, 0.2) is 5.96 Å². The van der Waals surface area contributed by atoms with Gasteiger partial charge in [-0.05, 0) is 51.7 Å². The van der Waals surface area contributed by atoms with Crippen molar-refractivity contribution in [2.24, 2.45) is 4.99 Å². The van der Waals surface area contributed by atoms with Gasteiger partial charge in [0.25, 0.3) is 0 Å². The lowest BCUT2D eigenvalue weighted by Crippen LogP contribution is -2.45. The maximum absolute atomic E-state index is 9.64. The summed E-state index contributed by atoms with van der Waals surface area (Å²) in [5.41, 5.74) is 2.98. The van der Waals surface area contributed by atoms with Crippen LogP contribution in [0.25, 0.3) is 11.5 Å². The Hall–Kier alpha value is -2.34. The summed E-state index contributed by atoms with van der Waals surface area (Å²) in [7, 11) is 0. The highest BCUT2D eigenvalue weighted by molar-refractivity contribution is 5.80. The smallest absolute Gasteiger partial charge is 0.226 e. The Kier molecular flexibility index (Phi) is 6.28. The van der Waals surface area contributed by atoms with Crippen LogP contribution < -0.4 is 10.6 Å². The highest BCUT2D eigenvalue weighted by atomic mass is 16.3. The normalized spacial score (nSPS) is 20.8. The van der Waals surface area contributed by atoms with Crippen molar-refractivity contribution in [2.75, 3.05) is 6.54 Å². The highest BCUT2D eigenvalue weighted by Gasteiger charge is 2.20. The fraction of sp³-hybridized carbons (Fsp3) is 0.500. The average Bonchev–Trinajstić information content (AvgIpc) is 3.11. The maximum Gasteiger partial charge on any atom is 0.226 e. The third-order valence-electron chi connectivity index (χ3n) is 4.63. The van der Waals surface area contributed by atoms with E-state index in [4.69, 9.17) is 4.42 Å². The van der Waals surface area contributed by atoms with Crippen LogP contribution in [-0.2, 0) is 6.54 Å². The Morgan fingerprint density at radius 2 is 1.96 bits per heavy atom. The first-order valence-corrected chi connectivity index (χ1v) is 9.38. The van der Waals surface area contributed by atoms with Gasteiger partial charge >= 0.3 is 0 Å². The fourth-order valence-electron chi connectivity index (χ4n) is 3.10. The summed E-state index contributed by atoms with van der Waals surface area (Å²) in [4.78, 5) is 9.16. The minimum Gasteiger partial charge on any atom is -0.444 e. The molecule has 0 amide bonds. The van der Waals surface area contributed by atoms with Crippen molar-refractivity contribution in [3.8, 4) is 11.5 Å². The number of rotatable bonds is 5. The molecule has 1 fully saturated rings. The SMILES string of the molecule is CCNC(=NCc1coc(-c2ccc(C)cc2)n1)NC1CCC(O)CC1. The van der Waals surface area contributed by atoms with Crippen molar-refractivity contribution in [3.05, 3.63) is 41.8 Å². The number of hydrogen-bond acceptors (Lipinski definition) is 4. The predicted molar refractivity (Wildman–Crippen MR) is 103 cm³/mol. The number of aliphatic hydroxyl groups excluding tert-OH is 1. The first kappa shape index (κ1) is 18.5. The summed E-state index contributed by atoms with van der Waals surface area (Å²) in [5.74, 6) is 1.41. The zero-order valence-corrected chi connectivity index (χ0v) is 15.5. The number of aliphatic hydroxyl groups is 1. The molecule has 26 heavy (non-hydrogen) atoms. The Morgan fingerprint density at radius 1 is 1.23 bits per heavy atom. The van der Waals surface area contributed by atoms with Crippen LogP contribution in [0, 0.1) is 6.92 Å². The molecule has 140 valence electrons. The molecule has 0 saturated heterocycles. The van der Waals surface area contributed by atoms with Crippen LogP contribution in [0.1, 0.15) is 43.9 Å². The monoisotopic (exact) mass is 356 g/mol. The average molecular weight is 356 g/mol. The molecule has 3 rings (SSSR count). The number of nitrogens with zero attached hydrogens (tertiary/aromatic N) is 2. The van der Waals surface area contributed by atoms with Gasteiger partial charge in [-0.3, -0.25) is 0 Å². The van der Waals surface area contributed by atoms with Crippen LogP contribution in [0.4, 0.5) is 0 Å². The molecule has 2 aromatic rings. The summed E-state index contributed by atoms with van der Waals surface area (Å²) < 4.78 is 5.60. The van der Waals surface area contributed by atoms with Crippen LogP contribution in [0.3, 0.4) is 0 Å². The molecule has 0 bridgehead atoms. The molecular weight excluding hydrogens is 328 g/mol. The second-order valence-corrected chi connectivity index (χ2v) is 6.85. The van der Waals surface area contributed by atoms with Crippen LogP contribution >= 0.6 is 0 Å². The molecule has 1 aromatic carbocycles. The van der Waals surface area contributed by atoms with Gasteiger partial charge in [-0.25, -0.2) is 9.98 Å². The van der Waals surface area contributed by atoms with Gasteiger partial charge < -0.3 is 20.2 Å². The fourth-order valence-corrected chi connectivity index (χ4v) is 3.10. The highest BCUT2D eigenvalue weighted by Crippen LogP contribution is 2.20. The van der Waals surface area contributed by atoms with Crippen molar-refractivity contribution < 1.29 is 9.52 Å². The molecule has 0 unspecified atom stereocenters. The molecule has 3 N–H and O–H groups in total. The predicted octanol–water partition coefficient (Wildman–Crippen LogP) is 3.01. The van der Waals surface area contributed by atoms with Gasteiger partial charge in [-0.2, -0.15) is 0 Å². The van der Waals surface area contributed by atoms with Crippen LogP contribution in [0.2, 0.25) is 0 Å². The first-order valence-electron chi connectivity index (χ1n) is 9.38. The van der Waals surface area contributed by atoms with E-state index in [-0.39, 0.29) is 6.10 Å². The first-order chi connectivity index (χ1) is 12.6. The Labute approximate surface area is 154 Å². The van der Waals surface area contributed by atoms with Crippen molar-refractivity contribution in [1.29, 1.82) is 0 Å². The zero-order valence-electron chi connectivity index (χ0n) is 15.5. The van der Waals surface area contributed by atoms with Gasteiger partial charge in [-0.1, -0.05) is 17.7 Å². The second kappa shape index (κ2) is 8.85. The zero-order chi connectivity index (χ0) is 18.4. The van der Waals surface area contributed by atoms with E-state index in [1.54, 1.807) is 6.26 Å². The third kappa shape index (κ3) is 5.08. The standard InChI is InChI=1S/C20H28N4O2/c1-3-21-20(24-16-8-10-18(25)11-9-16)22-12-17-13-26-19(23-17)15-6-4-14(2)5-7-15/h4-7,13,16,18,25H,3,8-12H2,1-2H3,(H2,21,22,24). The Bertz CT molecular complexity index is 716. The third-order valence-corrected chi connectivity index (χ3v) is 4.63. The lowest BCUT2D eigenvalue weighted by molar-refractivity contribution is 0.120. The molecule has 1 heterocycles. The van der Waals surface area contributed by atoms with Gasteiger partial charge in [0.2, 0.25) is 5.89 Å². The number of aliphatic imine (C=N–C) groups is 1. The summed E-state index contributed by atoms with van der Waals surface area (Å²) >= 11 is 0. The van der Waals surface area contributed by atoms with E-state index in [1.807, 2.05) is 31.2 Å². The molecule has 6 heteroatoms. The lowest BCUT2D eigenvalue weighted by atomic mass is 9.93. The molecule has 1 aliphatic carbocycles. The Morgan fingerprint density at radius 3 is 2.65 bits per heavy atom. The van der Waals surface area contributed by atoms with Gasteiger partial charge in [-0.15, -0.1) is 0 Å². The van der Waals surface area contributed by atoms with E-state index in [0.29, 0.717) is 18.5 Å².